The number of ether oxygens (including phenoxy) is 1. The third kappa shape index (κ3) is 8.20. The van der Waals surface area contributed by atoms with Gasteiger partial charge in [0.25, 0.3) is 0 Å². The van der Waals surface area contributed by atoms with E-state index in [9.17, 15) is 0 Å². The van der Waals surface area contributed by atoms with Crippen LogP contribution in [0.4, 0.5) is 0 Å². The van der Waals surface area contributed by atoms with E-state index in [-0.39, 0.29) is 0 Å². The van der Waals surface area contributed by atoms with E-state index in [0.29, 0.717) is 12.6 Å². The van der Waals surface area contributed by atoms with E-state index in [2.05, 4.69) is 45.9 Å². The average molecular weight is 413 g/mol. The molecule has 1 aromatic carbocycles. The number of likely N-dealkylation sites (tertiary alicyclic amines) is 1. The molecule has 0 radical (unpaired) electrons. The van der Waals surface area contributed by atoms with Crippen LogP contribution in [0.25, 0.3) is 0 Å². The van der Waals surface area contributed by atoms with Gasteiger partial charge in [-0.05, 0) is 43.4 Å². The fourth-order valence-electron chi connectivity index (χ4n) is 3.78. The number of guanidine groups is 1. The maximum Gasteiger partial charge on any atom is 0.191 e. The van der Waals surface area contributed by atoms with Crippen molar-refractivity contribution < 1.29 is 9.15 Å². The zero-order valence-electron chi connectivity index (χ0n) is 18.2. The first-order valence-electron chi connectivity index (χ1n) is 11.2. The van der Waals surface area contributed by atoms with Crippen LogP contribution >= 0.6 is 0 Å². The monoisotopic (exact) mass is 412 g/mol. The second kappa shape index (κ2) is 13.1. The van der Waals surface area contributed by atoms with Crippen molar-refractivity contribution in [3.05, 3.63) is 60.1 Å². The molecule has 0 aliphatic carbocycles. The number of nitrogens with one attached hydrogen (secondary N) is 2. The van der Waals surface area contributed by atoms with E-state index in [0.717, 1.165) is 76.6 Å². The van der Waals surface area contributed by atoms with Gasteiger partial charge in [0.2, 0.25) is 0 Å². The minimum atomic E-state index is 0.468. The number of nitrogens with zero attached hydrogens (tertiary/aromatic N) is 2. The molecule has 2 heterocycles. The summed E-state index contributed by atoms with van der Waals surface area (Å²) in [5.74, 6) is 1.89. The van der Waals surface area contributed by atoms with Gasteiger partial charge in [0.05, 0.1) is 6.26 Å². The van der Waals surface area contributed by atoms with Crippen LogP contribution in [0.3, 0.4) is 0 Å². The van der Waals surface area contributed by atoms with E-state index < -0.39 is 0 Å². The van der Waals surface area contributed by atoms with Crippen LogP contribution in [0.5, 0.6) is 0 Å². The Morgan fingerprint density at radius 1 is 1.13 bits per heavy atom. The highest BCUT2D eigenvalue weighted by atomic mass is 16.5. The molecule has 1 aliphatic rings. The third-order valence-electron chi connectivity index (χ3n) is 5.51. The van der Waals surface area contributed by atoms with Gasteiger partial charge in [-0.2, -0.15) is 0 Å². The zero-order chi connectivity index (χ0) is 20.9. The highest BCUT2D eigenvalue weighted by Crippen LogP contribution is 2.11. The Bertz CT molecular complexity index is 710. The molecule has 1 aliphatic heterocycles. The summed E-state index contributed by atoms with van der Waals surface area (Å²) in [7, 11) is 1.77. The van der Waals surface area contributed by atoms with Crippen LogP contribution in [0, 0.1) is 0 Å². The van der Waals surface area contributed by atoms with Gasteiger partial charge in [-0.1, -0.05) is 30.3 Å². The summed E-state index contributed by atoms with van der Waals surface area (Å²) >= 11 is 0. The van der Waals surface area contributed by atoms with Crippen molar-refractivity contribution in [1.82, 2.24) is 15.5 Å². The fraction of sp³-hybridized carbons (Fsp3) is 0.542. The van der Waals surface area contributed by atoms with Gasteiger partial charge in [-0.3, -0.25) is 4.99 Å². The Hall–Kier alpha value is -2.31. The maximum atomic E-state index is 5.43. The van der Waals surface area contributed by atoms with E-state index in [1.54, 1.807) is 13.4 Å². The highest BCUT2D eigenvalue weighted by molar-refractivity contribution is 5.80. The quantitative estimate of drug-likeness (QED) is 0.337. The molecule has 30 heavy (non-hydrogen) atoms. The molecule has 2 aromatic rings. The van der Waals surface area contributed by atoms with E-state index in [1.807, 2.05) is 12.1 Å². The van der Waals surface area contributed by atoms with E-state index >= 15 is 0 Å². The first-order valence-corrected chi connectivity index (χ1v) is 11.2. The van der Waals surface area contributed by atoms with Gasteiger partial charge in [0, 0.05) is 58.9 Å². The second-order valence-electron chi connectivity index (χ2n) is 7.83. The molecule has 6 heteroatoms. The minimum Gasteiger partial charge on any atom is -0.469 e. The normalized spacial score (nSPS) is 16.0. The summed E-state index contributed by atoms with van der Waals surface area (Å²) in [6.07, 6.45) is 6.91. The Morgan fingerprint density at radius 2 is 1.97 bits per heavy atom. The van der Waals surface area contributed by atoms with Gasteiger partial charge < -0.3 is 24.7 Å². The lowest BCUT2D eigenvalue weighted by atomic mass is 10.1. The molecular formula is C24H36N4O2. The molecule has 3 rings (SSSR count). The Labute approximate surface area is 180 Å². The predicted octanol–water partition coefficient (Wildman–Crippen LogP) is 3.10. The summed E-state index contributed by atoms with van der Waals surface area (Å²) < 4.78 is 10.6. The van der Waals surface area contributed by atoms with Crippen LogP contribution < -0.4 is 10.6 Å². The van der Waals surface area contributed by atoms with Crippen molar-refractivity contribution >= 4 is 5.96 Å². The molecule has 1 saturated heterocycles. The first-order chi connectivity index (χ1) is 14.8. The maximum absolute atomic E-state index is 5.43. The van der Waals surface area contributed by atoms with Crippen molar-refractivity contribution in [2.24, 2.45) is 4.99 Å². The molecule has 0 unspecified atom stereocenters. The molecule has 0 amide bonds. The number of furan rings is 1. The number of aliphatic imine (C=N–C) groups is 1. The van der Waals surface area contributed by atoms with Crippen molar-refractivity contribution in [1.29, 1.82) is 0 Å². The molecule has 164 valence electrons. The van der Waals surface area contributed by atoms with E-state index in [4.69, 9.17) is 14.1 Å². The average Bonchev–Trinajstić information content (AvgIpc) is 3.29. The standard InChI is InChI=1S/C24H36N4O2/c1-29-19-6-16-28-17-12-22(13-18-28)27-24(26-15-11-23-9-5-20-30-23)25-14-10-21-7-3-2-4-8-21/h2-5,7-9,20,22H,6,10-19H2,1H3,(H2,25,26,27). The molecule has 2 N–H and O–H groups in total. The fourth-order valence-corrected chi connectivity index (χ4v) is 3.78. The number of hydrogen-bond donors (Lipinski definition) is 2. The first kappa shape index (κ1) is 22.4. The van der Waals surface area contributed by atoms with Crippen LogP contribution in [-0.4, -0.2) is 63.3 Å². The lowest BCUT2D eigenvalue weighted by molar-refractivity contribution is 0.155. The van der Waals surface area contributed by atoms with Crippen molar-refractivity contribution in [2.45, 2.75) is 38.1 Å². The van der Waals surface area contributed by atoms with Crippen LogP contribution in [-0.2, 0) is 17.6 Å². The van der Waals surface area contributed by atoms with Crippen molar-refractivity contribution in [3.63, 3.8) is 0 Å². The minimum absolute atomic E-state index is 0.468. The number of hydrogen-bond acceptors (Lipinski definition) is 4. The molecule has 0 saturated carbocycles. The number of rotatable bonds is 11. The van der Waals surface area contributed by atoms with Crippen LogP contribution in [0.1, 0.15) is 30.6 Å². The predicted molar refractivity (Wildman–Crippen MR) is 122 cm³/mol. The summed E-state index contributed by atoms with van der Waals surface area (Å²) in [5, 5.41) is 7.19. The smallest absolute Gasteiger partial charge is 0.191 e. The van der Waals surface area contributed by atoms with Gasteiger partial charge in [0.15, 0.2) is 5.96 Å². The lowest BCUT2D eigenvalue weighted by Crippen LogP contribution is -2.49. The molecule has 6 nitrogen and oxygen atoms in total. The highest BCUT2D eigenvalue weighted by Gasteiger charge is 2.19. The summed E-state index contributed by atoms with van der Waals surface area (Å²) in [6, 6.07) is 15.0. The number of benzene rings is 1. The lowest BCUT2D eigenvalue weighted by Gasteiger charge is -2.33. The topological polar surface area (TPSA) is 62.0 Å². The third-order valence-corrected chi connectivity index (χ3v) is 5.51. The van der Waals surface area contributed by atoms with Crippen molar-refractivity contribution in [3.8, 4) is 0 Å². The van der Waals surface area contributed by atoms with Crippen LogP contribution in [0.15, 0.2) is 58.1 Å². The number of methoxy groups -OCH3 is 1. The summed E-state index contributed by atoms with van der Waals surface area (Å²) in [4.78, 5) is 7.34. The summed E-state index contributed by atoms with van der Waals surface area (Å²) in [6.45, 7) is 5.81. The molecule has 1 fully saturated rings. The van der Waals surface area contributed by atoms with Crippen molar-refractivity contribution in [2.75, 3.05) is 46.4 Å². The van der Waals surface area contributed by atoms with E-state index in [1.165, 1.54) is 5.56 Å². The molecule has 0 atom stereocenters. The van der Waals surface area contributed by atoms with Gasteiger partial charge in [-0.15, -0.1) is 0 Å². The Morgan fingerprint density at radius 3 is 2.70 bits per heavy atom. The molecule has 1 aromatic heterocycles. The van der Waals surface area contributed by atoms with Crippen LogP contribution in [0.2, 0.25) is 0 Å². The molecular weight excluding hydrogens is 376 g/mol. The van der Waals surface area contributed by atoms with Gasteiger partial charge >= 0.3 is 0 Å². The largest absolute Gasteiger partial charge is 0.469 e. The summed E-state index contributed by atoms with van der Waals surface area (Å²) in [5.41, 5.74) is 1.34. The molecule has 0 bridgehead atoms. The second-order valence-corrected chi connectivity index (χ2v) is 7.83. The SMILES string of the molecule is COCCCN1CCC(NC(=NCCc2ccco2)NCCc2ccccc2)CC1. The van der Waals surface area contributed by atoms with Gasteiger partial charge in [-0.25, -0.2) is 0 Å². The zero-order valence-corrected chi connectivity index (χ0v) is 18.2. The number of piperidine rings is 1. The molecule has 0 spiro atoms. The Kier molecular flexibility index (Phi) is 9.76. The Balaban J connectivity index is 1.46. The van der Waals surface area contributed by atoms with Gasteiger partial charge in [0.1, 0.15) is 5.76 Å².